The first-order chi connectivity index (χ1) is 9.79. The van der Waals surface area contributed by atoms with Crippen LogP contribution in [0.5, 0.6) is 0 Å². The van der Waals surface area contributed by atoms with Gasteiger partial charge in [-0.3, -0.25) is 0 Å². The van der Waals surface area contributed by atoms with Gasteiger partial charge in [-0.1, -0.05) is 23.7 Å². The zero-order valence-corrected chi connectivity index (χ0v) is 11.2. The molecule has 0 fully saturated rings. The van der Waals surface area contributed by atoms with Crippen LogP contribution in [0.2, 0.25) is 5.02 Å². The molecule has 0 aliphatic carbocycles. The Labute approximate surface area is 122 Å². The molecule has 21 heavy (non-hydrogen) atoms. The molecule has 2 aromatic carbocycles. The summed E-state index contributed by atoms with van der Waals surface area (Å²) >= 11 is 5.77. The van der Waals surface area contributed by atoms with Crippen LogP contribution >= 0.6 is 11.6 Å². The fourth-order valence-corrected chi connectivity index (χ4v) is 2.05. The Morgan fingerprint density at radius 2 is 1.76 bits per heavy atom. The lowest BCUT2D eigenvalue weighted by Crippen LogP contribution is -2.13. The Morgan fingerprint density at radius 3 is 2.38 bits per heavy atom. The van der Waals surface area contributed by atoms with E-state index in [4.69, 9.17) is 11.6 Å². The molecule has 7 heteroatoms. The number of anilines is 1. The van der Waals surface area contributed by atoms with E-state index in [2.05, 4.69) is 5.32 Å². The second-order valence-electron chi connectivity index (χ2n) is 4.25. The summed E-state index contributed by atoms with van der Waals surface area (Å²) in [5.41, 5.74) is -1.41. The average Bonchev–Trinajstić information content (AvgIpc) is 2.38. The zero-order valence-electron chi connectivity index (χ0n) is 10.4. The Hall–Kier alpha value is -1.82. The molecule has 0 bridgehead atoms. The fourth-order valence-electron chi connectivity index (χ4n) is 1.82. The van der Waals surface area contributed by atoms with Crippen molar-refractivity contribution in [3.05, 3.63) is 64.2 Å². The molecule has 0 aliphatic rings. The minimum absolute atomic E-state index is 0.0469. The highest BCUT2D eigenvalue weighted by atomic mass is 35.5. The molecule has 0 radical (unpaired) electrons. The van der Waals surface area contributed by atoms with Gasteiger partial charge >= 0.3 is 6.18 Å². The fraction of sp³-hybridized carbons (Fsp3) is 0.143. The third kappa shape index (κ3) is 3.64. The molecule has 0 aliphatic heterocycles. The first-order valence-corrected chi connectivity index (χ1v) is 6.20. The van der Waals surface area contributed by atoms with Crippen LogP contribution in [-0.2, 0) is 12.7 Å². The summed E-state index contributed by atoms with van der Waals surface area (Å²) in [6, 6.07) is 6.23. The molecule has 2 aromatic rings. The molecular formula is C14H9ClF5N. The lowest BCUT2D eigenvalue weighted by molar-refractivity contribution is -0.138. The van der Waals surface area contributed by atoms with Crippen LogP contribution in [0.3, 0.4) is 0 Å². The highest BCUT2D eigenvalue weighted by Gasteiger charge is 2.33. The summed E-state index contributed by atoms with van der Waals surface area (Å²) in [7, 11) is 0. The first-order valence-electron chi connectivity index (χ1n) is 5.82. The van der Waals surface area contributed by atoms with Gasteiger partial charge in [0.15, 0.2) is 0 Å². The number of alkyl halides is 3. The number of halogens is 6. The van der Waals surface area contributed by atoms with Gasteiger partial charge in [0.05, 0.1) is 16.3 Å². The normalized spacial score (nSPS) is 11.5. The van der Waals surface area contributed by atoms with E-state index in [0.717, 1.165) is 18.2 Å². The second kappa shape index (κ2) is 5.89. The maximum Gasteiger partial charge on any atom is 0.416 e. The number of hydrogen-bond acceptors (Lipinski definition) is 1. The van der Waals surface area contributed by atoms with E-state index in [9.17, 15) is 22.0 Å². The maximum atomic E-state index is 13.5. The Kier molecular flexibility index (Phi) is 4.37. The summed E-state index contributed by atoms with van der Waals surface area (Å²) < 4.78 is 64.9. The monoisotopic (exact) mass is 321 g/mol. The Morgan fingerprint density at radius 1 is 1.05 bits per heavy atom. The number of benzene rings is 2. The molecule has 1 N–H and O–H groups in total. The van der Waals surface area contributed by atoms with Crippen molar-refractivity contribution in [2.75, 3.05) is 5.32 Å². The van der Waals surface area contributed by atoms with Crippen molar-refractivity contribution in [1.29, 1.82) is 0 Å². The van der Waals surface area contributed by atoms with E-state index >= 15 is 0 Å². The van der Waals surface area contributed by atoms with Gasteiger partial charge in [0.25, 0.3) is 0 Å². The molecular weight excluding hydrogens is 313 g/mol. The smallest absolute Gasteiger partial charge is 0.377 e. The van der Waals surface area contributed by atoms with Gasteiger partial charge in [-0.15, -0.1) is 0 Å². The highest BCUT2D eigenvalue weighted by molar-refractivity contribution is 6.33. The van der Waals surface area contributed by atoms with Crippen molar-refractivity contribution in [2.45, 2.75) is 12.7 Å². The average molecular weight is 322 g/mol. The van der Waals surface area contributed by atoms with Gasteiger partial charge in [0.2, 0.25) is 0 Å². The van der Waals surface area contributed by atoms with E-state index in [1.165, 1.54) is 12.1 Å². The van der Waals surface area contributed by atoms with E-state index < -0.39 is 23.4 Å². The van der Waals surface area contributed by atoms with Gasteiger partial charge in [-0.2, -0.15) is 13.2 Å². The van der Waals surface area contributed by atoms with E-state index in [1.54, 1.807) is 0 Å². The topological polar surface area (TPSA) is 12.0 Å². The van der Waals surface area contributed by atoms with Crippen LogP contribution in [-0.4, -0.2) is 0 Å². The number of para-hydroxylation sites is 1. The highest BCUT2D eigenvalue weighted by Crippen LogP contribution is 2.33. The number of rotatable bonds is 3. The molecule has 0 saturated heterocycles. The van der Waals surface area contributed by atoms with Crippen molar-refractivity contribution in [1.82, 2.24) is 0 Å². The Bertz CT molecular complexity index is 634. The van der Waals surface area contributed by atoms with Crippen LogP contribution < -0.4 is 5.32 Å². The molecule has 0 saturated carbocycles. The number of hydrogen-bond donors (Lipinski definition) is 1. The van der Waals surface area contributed by atoms with Crippen molar-refractivity contribution >= 4 is 17.3 Å². The van der Waals surface area contributed by atoms with Gasteiger partial charge < -0.3 is 5.32 Å². The summed E-state index contributed by atoms with van der Waals surface area (Å²) in [4.78, 5) is 0. The maximum absolute atomic E-state index is 13.5. The molecule has 0 atom stereocenters. The predicted octanol–water partition coefficient (Wildman–Crippen LogP) is 5.25. The van der Waals surface area contributed by atoms with Crippen LogP contribution in [0.1, 0.15) is 11.1 Å². The van der Waals surface area contributed by atoms with Gasteiger partial charge in [0, 0.05) is 6.54 Å². The third-order valence-corrected chi connectivity index (χ3v) is 3.11. The SMILES string of the molecule is Fc1ccc(CNc2c(F)cccc2Cl)c(C(F)(F)F)c1. The van der Waals surface area contributed by atoms with Crippen molar-refractivity contribution in [2.24, 2.45) is 0 Å². The molecule has 0 spiro atoms. The molecule has 0 heterocycles. The first kappa shape index (κ1) is 15.6. The van der Waals surface area contributed by atoms with Crippen LogP contribution in [0.25, 0.3) is 0 Å². The largest absolute Gasteiger partial charge is 0.416 e. The van der Waals surface area contributed by atoms with Gasteiger partial charge in [0.1, 0.15) is 11.6 Å². The molecule has 0 aromatic heterocycles. The summed E-state index contributed by atoms with van der Waals surface area (Å²) in [6.07, 6.45) is -4.70. The second-order valence-corrected chi connectivity index (χ2v) is 4.66. The van der Waals surface area contributed by atoms with Crippen LogP contribution in [0.4, 0.5) is 27.6 Å². The van der Waals surface area contributed by atoms with Crippen molar-refractivity contribution < 1.29 is 22.0 Å². The summed E-state index contributed by atoms with van der Waals surface area (Å²) in [5, 5.41) is 2.55. The van der Waals surface area contributed by atoms with Gasteiger partial charge in [-0.05, 0) is 29.8 Å². The minimum atomic E-state index is -4.70. The zero-order chi connectivity index (χ0) is 15.6. The lowest BCUT2D eigenvalue weighted by Gasteiger charge is -2.15. The van der Waals surface area contributed by atoms with E-state index in [-0.39, 0.29) is 22.8 Å². The predicted molar refractivity (Wildman–Crippen MR) is 70.1 cm³/mol. The summed E-state index contributed by atoms with van der Waals surface area (Å²) in [5.74, 6) is -1.67. The van der Waals surface area contributed by atoms with Crippen molar-refractivity contribution in [3.8, 4) is 0 Å². The third-order valence-electron chi connectivity index (χ3n) is 2.80. The minimum Gasteiger partial charge on any atom is -0.377 e. The Balaban J connectivity index is 2.29. The quantitative estimate of drug-likeness (QED) is 0.761. The van der Waals surface area contributed by atoms with Crippen LogP contribution in [0.15, 0.2) is 36.4 Å². The van der Waals surface area contributed by atoms with E-state index in [1.807, 2.05) is 0 Å². The van der Waals surface area contributed by atoms with Gasteiger partial charge in [-0.25, -0.2) is 8.78 Å². The molecule has 112 valence electrons. The van der Waals surface area contributed by atoms with Crippen LogP contribution in [0, 0.1) is 11.6 Å². The molecule has 0 unspecified atom stereocenters. The summed E-state index contributed by atoms with van der Waals surface area (Å²) in [6.45, 7) is -0.338. The molecule has 0 amide bonds. The molecule has 1 nitrogen and oxygen atoms in total. The van der Waals surface area contributed by atoms with E-state index in [0.29, 0.717) is 6.07 Å². The molecule has 2 rings (SSSR count). The standard InChI is InChI=1S/C14H9ClF5N/c15-11-2-1-3-12(17)13(11)21-7-8-4-5-9(16)6-10(8)14(18,19)20/h1-6,21H,7H2. The lowest BCUT2D eigenvalue weighted by atomic mass is 10.1. The number of nitrogens with one attached hydrogen (secondary N) is 1. The van der Waals surface area contributed by atoms with Crippen molar-refractivity contribution in [3.63, 3.8) is 0 Å².